The smallest absolute Gasteiger partial charge is 0.262 e. The average molecular weight is 217 g/mol. The maximum absolute atomic E-state index is 12.9. The lowest BCUT2D eigenvalue weighted by atomic mass is 10.2. The summed E-state index contributed by atoms with van der Waals surface area (Å²) in [5.41, 5.74) is 0. The summed E-state index contributed by atoms with van der Waals surface area (Å²) in [5.74, 6) is -1.71. The molecule has 15 heavy (non-hydrogen) atoms. The molecule has 2 rings (SSSR count). The van der Waals surface area contributed by atoms with Crippen LogP contribution in [0.4, 0.5) is 8.78 Å². The van der Waals surface area contributed by atoms with Crippen molar-refractivity contribution in [3.05, 3.63) is 11.7 Å². The number of nitrogens with one attached hydrogen (secondary N) is 1. The van der Waals surface area contributed by atoms with Gasteiger partial charge in [-0.05, 0) is 0 Å². The minimum absolute atomic E-state index is 0.143. The quantitative estimate of drug-likeness (QED) is 0.821. The molecule has 0 saturated carbocycles. The molecule has 6 heteroatoms. The van der Waals surface area contributed by atoms with Gasteiger partial charge >= 0.3 is 0 Å². The minimum atomic E-state index is -2.67. The van der Waals surface area contributed by atoms with Crippen molar-refractivity contribution in [1.29, 1.82) is 0 Å². The van der Waals surface area contributed by atoms with Crippen LogP contribution in [0.2, 0.25) is 0 Å². The Bertz CT molecular complexity index is 351. The Balaban J connectivity index is 2.11. The summed E-state index contributed by atoms with van der Waals surface area (Å²) in [5, 5.41) is 6.41. The van der Waals surface area contributed by atoms with Crippen LogP contribution in [0.1, 0.15) is 43.9 Å². The van der Waals surface area contributed by atoms with E-state index in [2.05, 4.69) is 15.5 Å². The molecule has 1 fully saturated rings. The molecule has 1 atom stereocenters. The Morgan fingerprint density at radius 1 is 1.53 bits per heavy atom. The first-order valence-electron chi connectivity index (χ1n) is 4.93. The van der Waals surface area contributed by atoms with E-state index >= 15 is 0 Å². The van der Waals surface area contributed by atoms with Gasteiger partial charge in [0.15, 0.2) is 5.82 Å². The molecule has 0 bridgehead atoms. The van der Waals surface area contributed by atoms with E-state index in [1.807, 2.05) is 13.8 Å². The predicted molar refractivity (Wildman–Crippen MR) is 48.7 cm³/mol. The fraction of sp³-hybridized carbons (Fsp3) is 0.778. The van der Waals surface area contributed by atoms with Crippen molar-refractivity contribution in [3.63, 3.8) is 0 Å². The van der Waals surface area contributed by atoms with E-state index in [9.17, 15) is 8.78 Å². The highest BCUT2D eigenvalue weighted by molar-refractivity contribution is 5.01. The second-order valence-electron chi connectivity index (χ2n) is 4.14. The summed E-state index contributed by atoms with van der Waals surface area (Å²) in [7, 11) is 0. The highest BCUT2D eigenvalue weighted by atomic mass is 19.3. The standard InChI is InChI=1S/C9H13F2N3O/c1-5(2)7-13-8(15-14-7)6-3-9(10,11)4-12-6/h5-6,12H,3-4H2,1-2H3/t6-/m1/s1. The van der Waals surface area contributed by atoms with Crippen molar-refractivity contribution >= 4 is 0 Å². The van der Waals surface area contributed by atoms with E-state index in [1.54, 1.807) is 0 Å². The summed E-state index contributed by atoms with van der Waals surface area (Å²) in [4.78, 5) is 4.08. The molecule has 0 aromatic carbocycles. The van der Waals surface area contributed by atoms with Gasteiger partial charge in [-0.15, -0.1) is 0 Å². The van der Waals surface area contributed by atoms with Gasteiger partial charge < -0.3 is 4.52 Å². The number of nitrogens with zero attached hydrogens (tertiary/aromatic N) is 2. The van der Waals surface area contributed by atoms with Crippen molar-refractivity contribution in [2.24, 2.45) is 0 Å². The van der Waals surface area contributed by atoms with Crippen molar-refractivity contribution in [2.45, 2.75) is 38.2 Å². The average Bonchev–Trinajstić information content (AvgIpc) is 2.70. The predicted octanol–water partition coefficient (Wildman–Crippen LogP) is 1.86. The molecule has 1 N–H and O–H groups in total. The Kier molecular flexibility index (Phi) is 2.46. The van der Waals surface area contributed by atoms with Gasteiger partial charge in [0.25, 0.3) is 5.92 Å². The Labute approximate surface area is 86.0 Å². The van der Waals surface area contributed by atoms with Crippen LogP contribution in [-0.4, -0.2) is 22.6 Å². The van der Waals surface area contributed by atoms with Gasteiger partial charge in [-0.25, -0.2) is 8.78 Å². The summed E-state index contributed by atoms with van der Waals surface area (Å²) >= 11 is 0. The topological polar surface area (TPSA) is 51.0 Å². The zero-order chi connectivity index (χ0) is 11.1. The van der Waals surface area contributed by atoms with Gasteiger partial charge in [-0.1, -0.05) is 19.0 Å². The van der Waals surface area contributed by atoms with Gasteiger partial charge in [-0.3, -0.25) is 5.32 Å². The van der Waals surface area contributed by atoms with Crippen LogP contribution in [-0.2, 0) is 0 Å². The Morgan fingerprint density at radius 2 is 2.27 bits per heavy atom. The normalized spacial score (nSPS) is 25.0. The Morgan fingerprint density at radius 3 is 2.73 bits per heavy atom. The summed E-state index contributed by atoms with van der Waals surface area (Å²) in [6.45, 7) is 3.52. The number of hydrogen-bond donors (Lipinski definition) is 1. The largest absolute Gasteiger partial charge is 0.338 e. The molecule has 1 aromatic heterocycles. The molecule has 0 spiro atoms. The summed E-state index contributed by atoms with van der Waals surface area (Å²) in [6.07, 6.45) is -0.271. The number of alkyl halides is 2. The van der Waals surface area contributed by atoms with Crippen LogP contribution in [0.5, 0.6) is 0 Å². The van der Waals surface area contributed by atoms with Gasteiger partial charge in [0.2, 0.25) is 5.89 Å². The lowest BCUT2D eigenvalue weighted by molar-refractivity contribution is 0.0200. The number of aromatic nitrogens is 2. The maximum atomic E-state index is 12.9. The molecule has 1 aliphatic rings. The molecular weight excluding hydrogens is 204 g/mol. The van der Waals surface area contributed by atoms with Crippen LogP contribution in [0.15, 0.2) is 4.52 Å². The molecule has 1 aliphatic heterocycles. The SMILES string of the molecule is CC(C)c1noc([C@H]2CC(F)(F)CN2)n1. The highest BCUT2D eigenvalue weighted by Gasteiger charge is 2.42. The zero-order valence-electron chi connectivity index (χ0n) is 8.63. The molecule has 4 nitrogen and oxygen atoms in total. The molecule has 1 aromatic rings. The molecule has 0 radical (unpaired) electrons. The van der Waals surface area contributed by atoms with Crippen molar-refractivity contribution in [3.8, 4) is 0 Å². The fourth-order valence-electron chi connectivity index (χ4n) is 1.51. The lowest BCUT2D eigenvalue weighted by Crippen LogP contribution is -2.19. The molecule has 0 amide bonds. The van der Waals surface area contributed by atoms with E-state index in [-0.39, 0.29) is 24.8 Å². The van der Waals surface area contributed by atoms with E-state index in [1.165, 1.54) is 0 Å². The van der Waals surface area contributed by atoms with Gasteiger partial charge in [-0.2, -0.15) is 4.98 Å². The van der Waals surface area contributed by atoms with Crippen LogP contribution in [0, 0.1) is 0 Å². The van der Waals surface area contributed by atoms with E-state index in [0.717, 1.165) is 0 Å². The maximum Gasteiger partial charge on any atom is 0.262 e. The number of halogens is 2. The molecule has 1 saturated heterocycles. The second-order valence-corrected chi connectivity index (χ2v) is 4.14. The van der Waals surface area contributed by atoms with Crippen molar-refractivity contribution in [2.75, 3.05) is 6.54 Å². The molecular formula is C9H13F2N3O. The fourth-order valence-corrected chi connectivity index (χ4v) is 1.51. The van der Waals surface area contributed by atoms with Crippen LogP contribution in [0.3, 0.4) is 0 Å². The minimum Gasteiger partial charge on any atom is -0.338 e. The van der Waals surface area contributed by atoms with Crippen LogP contribution < -0.4 is 5.32 Å². The highest BCUT2D eigenvalue weighted by Crippen LogP contribution is 2.33. The monoisotopic (exact) mass is 217 g/mol. The molecule has 2 heterocycles. The third-order valence-corrected chi connectivity index (χ3v) is 2.38. The summed E-state index contributed by atoms with van der Waals surface area (Å²) in [6, 6.07) is -0.514. The first-order valence-corrected chi connectivity index (χ1v) is 4.93. The lowest BCUT2D eigenvalue weighted by Gasteiger charge is -2.04. The summed E-state index contributed by atoms with van der Waals surface area (Å²) < 4.78 is 30.7. The molecule has 84 valence electrons. The van der Waals surface area contributed by atoms with E-state index in [0.29, 0.717) is 5.82 Å². The molecule has 0 unspecified atom stereocenters. The van der Waals surface area contributed by atoms with Crippen LogP contribution >= 0.6 is 0 Å². The first-order chi connectivity index (χ1) is 6.98. The third-order valence-electron chi connectivity index (χ3n) is 2.38. The Hall–Kier alpha value is -1.04. The van der Waals surface area contributed by atoms with Crippen LogP contribution in [0.25, 0.3) is 0 Å². The number of hydrogen-bond acceptors (Lipinski definition) is 4. The second kappa shape index (κ2) is 3.52. The van der Waals surface area contributed by atoms with Crippen molar-refractivity contribution in [1.82, 2.24) is 15.5 Å². The molecule has 0 aliphatic carbocycles. The first kappa shape index (κ1) is 10.5. The third kappa shape index (κ3) is 2.14. The van der Waals surface area contributed by atoms with Gasteiger partial charge in [0.1, 0.15) is 0 Å². The van der Waals surface area contributed by atoms with E-state index < -0.39 is 12.0 Å². The van der Waals surface area contributed by atoms with Crippen molar-refractivity contribution < 1.29 is 13.3 Å². The van der Waals surface area contributed by atoms with E-state index in [4.69, 9.17) is 4.52 Å². The van der Waals surface area contributed by atoms with Gasteiger partial charge in [0, 0.05) is 12.3 Å². The number of rotatable bonds is 2. The van der Waals surface area contributed by atoms with Gasteiger partial charge in [0.05, 0.1) is 12.6 Å². The zero-order valence-corrected chi connectivity index (χ0v) is 8.63.